The van der Waals surface area contributed by atoms with Gasteiger partial charge in [0.2, 0.25) is 0 Å². The Morgan fingerprint density at radius 1 is 1.27 bits per heavy atom. The number of aromatic hydroxyl groups is 1. The fourth-order valence-corrected chi connectivity index (χ4v) is 4.11. The molecule has 0 amide bonds. The third-order valence-corrected chi connectivity index (χ3v) is 6.24. The van der Waals surface area contributed by atoms with Gasteiger partial charge in [0.1, 0.15) is 22.9 Å². The number of hydrogen-bond acceptors (Lipinski definition) is 3. The lowest BCUT2D eigenvalue weighted by atomic mass is 9.87. The van der Waals surface area contributed by atoms with E-state index < -0.39 is 0 Å². The van der Waals surface area contributed by atoms with Crippen LogP contribution in [0.4, 0.5) is 0 Å². The van der Waals surface area contributed by atoms with Gasteiger partial charge in [0.15, 0.2) is 0 Å². The molecule has 0 aromatic heterocycles. The molecule has 1 aliphatic rings. The number of allylic oxidation sites excluding steroid dienone is 4. The van der Waals surface area contributed by atoms with E-state index in [0.29, 0.717) is 18.0 Å². The zero-order valence-electron chi connectivity index (χ0n) is 19.8. The van der Waals surface area contributed by atoms with Crippen LogP contribution in [0.1, 0.15) is 90.7 Å². The fraction of sp³-hybridized carbons (Fsp3) is 0.593. The lowest BCUT2D eigenvalue weighted by Gasteiger charge is -2.36. The number of carbonyl (C=O) groups is 1. The van der Waals surface area contributed by atoms with Crippen molar-refractivity contribution in [1.29, 1.82) is 0 Å². The van der Waals surface area contributed by atoms with Crippen molar-refractivity contribution in [2.24, 2.45) is 5.92 Å². The molecule has 0 saturated carbocycles. The molecule has 30 heavy (non-hydrogen) atoms. The predicted molar refractivity (Wildman–Crippen MR) is 125 cm³/mol. The van der Waals surface area contributed by atoms with Crippen LogP contribution in [0.5, 0.6) is 11.5 Å². The Hall–Kier alpha value is -2.03. The van der Waals surface area contributed by atoms with E-state index in [2.05, 4.69) is 26.8 Å². The number of benzene rings is 1. The average molecular weight is 413 g/mol. The van der Waals surface area contributed by atoms with Crippen molar-refractivity contribution in [2.45, 2.75) is 98.5 Å². The number of carbonyl (C=O) groups excluding carboxylic acids is 1. The molecule has 3 heteroatoms. The summed E-state index contributed by atoms with van der Waals surface area (Å²) in [6.45, 7) is 12.5. The van der Waals surface area contributed by atoms with Gasteiger partial charge in [0.25, 0.3) is 0 Å². The lowest BCUT2D eigenvalue weighted by molar-refractivity contribution is -0.121. The molecular formula is C27H40O3. The summed E-state index contributed by atoms with van der Waals surface area (Å²) in [6, 6.07) is 3.61. The van der Waals surface area contributed by atoms with Crippen molar-refractivity contribution in [1.82, 2.24) is 0 Å². The minimum atomic E-state index is -0.155. The van der Waals surface area contributed by atoms with E-state index in [1.807, 2.05) is 32.9 Å². The van der Waals surface area contributed by atoms with Crippen LogP contribution in [-0.2, 0) is 11.2 Å². The zero-order valence-corrected chi connectivity index (χ0v) is 19.8. The van der Waals surface area contributed by atoms with Crippen molar-refractivity contribution in [2.75, 3.05) is 0 Å². The van der Waals surface area contributed by atoms with Crippen LogP contribution < -0.4 is 4.74 Å². The number of ketones is 1. The van der Waals surface area contributed by atoms with Gasteiger partial charge in [-0.15, -0.1) is 0 Å². The topological polar surface area (TPSA) is 46.5 Å². The number of rotatable bonds is 10. The van der Waals surface area contributed by atoms with E-state index in [0.717, 1.165) is 61.8 Å². The first-order chi connectivity index (χ1) is 14.1. The SMILES string of the molecule is CC(C)=CCC(=O)[C@@H](C)CCCC(C)=CCC[C@]1(C)CCc2cc(O)cc(C)c2O1. The second-order valence-electron chi connectivity index (χ2n) is 9.64. The van der Waals surface area contributed by atoms with E-state index in [9.17, 15) is 9.90 Å². The molecule has 0 aliphatic carbocycles. The molecule has 1 N–H and O–H groups in total. The third kappa shape index (κ3) is 7.34. The fourth-order valence-electron chi connectivity index (χ4n) is 4.11. The Balaban J connectivity index is 1.77. The second kappa shape index (κ2) is 10.8. The second-order valence-corrected chi connectivity index (χ2v) is 9.64. The number of fused-ring (bicyclic) bond motifs is 1. The van der Waals surface area contributed by atoms with Crippen molar-refractivity contribution >= 4 is 5.78 Å². The van der Waals surface area contributed by atoms with Gasteiger partial charge in [0.05, 0.1) is 0 Å². The zero-order chi connectivity index (χ0) is 22.3. The summed E-state index contributed by atoms with van der Waals surface area (Å²) in [4.78, 5) is 12.1. The lowest BCUT2D eigenvalue weighted by Crippen LogP contribution is -2.36. The molecule has 0 unspecified atom stereocenters. The van der Waals surface area contributed by atoms with Crippen LogP contribution in [-0.4, -0.2) is 16.5 Å². The van der Waals surface area contributed by atoms with Gasteiger partial charge in [0, 0.05) is 12.3 Å². The number of phenolic OH excluding ortho intramolecular Hbond substituents is 1. The van der Waals surface area contributed by atoms with E-state index in [-0.39, 0.29) is 11.5 Å². The first-order valence-electron chi connectivity index (χ1n) is 11.4. The van der Waals surface area contributed by atoms with Gasteiger partial charge in [-0.1, -0.05) is 30.2 Å². The first kappa shape index (κ1) is 24.2. The molecule has 2 rings (SSSR count). The number of ether oxygens (including phenoxy) is 1. The Morgan fingerprint density at radius 2 is 2.00 bits per heavy atom. The molecule has 1 aromatic carbocycles. The molecule has 1 aliphatic heterocycles. The smallest absolute Gasteiger partial charge is 0.139 e. The monoisotopic (exact) mass is 412 g/mol. The third-order valence-electron chi connectivity index (χ3n) is 6.24. The van der Waals surface area contributed by atoms with E-state index >= 15 is 0 Å². The number of Topliss-reactive ketones (excluding diaryl/α,β-unsaturated/α-hetero) is 1. The minimum absolute atomic E-state index is 0.144. The highest BCUT2D eigenvalue weighted by Crippen LogP contribution is 2.39. The highest BCUT2D eigenvalue weighted by molar-refractivity contribution is 5.82. The summed E-state index contributed by atoms with van der Waals surface area (Å²) in [5.74, 6) is 1.77. The Bertz CT molecular complexity index is 799. The Kier molecular flexibility index (Phi) is 8.76. The highest BCUT2D eigenvalue weighted by Gasteiger charge is 2.32. The van der Waals surface area contributed by atoms with Crippen LogP contribution >= 0.6 is 0 Å². The Morgan fingerprint density at radius 3 is 2.70 bits per heavy atom. The van der Waals surface area contributed by atoms with Gasteiger partial charge in [-0.25, -0.2) is 0 Å². The normalized spacial score (nSPS) is 19.6. The molecule has 1 aromatic rings. The molecule has 0 spiro atoms. The van der Waals surface area contributed by atoms with Crippen molar-refractivity contribution in [3.8, 4) is 11.5 Å². The number of phenols is 1. The minimum Gasteiger partial charge on any atom is -0.508 e. The van der Waals surface area contributed by atoms with Crippen molar-refractivity contribution in [3.05, 3.63) is 46.6 Å². The summed E-state index contributed by atoms with van der Waals surface area (Å²) in [5, 5.41) is 9.80. The molecular weight excluding hydrogens is 372 g/mol. The average Bonchev–Trinajstić information content (AvgIpc) is 2.66. The van der Waals surface area contributed by atoms with E-state index in [1.54, 1.807) is 6.07 Å². The van der Waals surface area contributed by atoms with Gasteiger partial charge >= 0.3 is 0 Å². The maximum Gasteiger partial charge on any atom is 0.139 e. The molecule has 2 atom stereocenters. The van der Waals surface area contributed by atoms with Crippen LogP contribution in [0, 0.1) is 12.8 Å². The summed E-state index contributed by atoms with van der Waals surface area (Å²) in [7, 11) is 0. The number of hydrogen-bond donors (Lipinski definition) is 1. The van der Waals surface area contributed by atoms with Crippen LogP contribution in [0.2, 0.25) is 0 Å². The molecule has 0 bridgehead atoms. The molecule has 166 valence electrons. The summed E-state index contributed by atoms with van der Waals surface area (Å²) < 4.78 is 6.38. The molecule has 0 fully saturated rings. The standard InChI is InChI=1S/C27H40O3/c1-19(2)12-13-25(29)21(4)11-7-9-20(3)10-8-15-27(6)16-14-23-18-24(28)17-22(5)26(23)30-27/h10,12,17-18,21,28H,7-9,11,13-16H2,1-6H3/t21-,27+/m0/s1. The van der Waals surface area contributed by atoms with Gasteiger partial charge in [-0.3, -0.25) is 4.79 Å². The summed E-state index contributed by atoms with van der Waals surface area (Å²) >= 11 is 0. The van der Waals surface area contributed by atoms with Gasteiger partial charge in [-0.05, 0) is 103 Å². The maximum atomic E-state index is 12.1. The molecule has 3 nitrogen and oxygen atoms in total. The van der Waals surface area contributed by atoms with E-state index in [4.69, 9.17) is 4.74 Å². The molecule has 0 saturated heterocycles. The Labute approximate surface area is 183 Å². The summed E-state index contributed by atoms with van der Waals surface area (Å²) in [5.41, 5.74) is 4.58. The van der Waals surface area contributed by atoms with Crippen molar-refractivity contribution < 1.29 is 14.6 Å². The van der Waals surface area contributed by atoms with Crippen LogP contribution in [0.15, 0.2) is 35.4 Å². The quantitative estimate of drug-likeness (QED) is 0.412. The maximum absolute atomic E-state index is 12.1. The highest BCUT2D eigenvalue weighted by atomic mass is 16.5. The van der Waals surface area contributed by atoms with Gasteiger partial charge in [-0.2, -0.15) is 0 Å². The first-order valence-corrected chi connectivity index (χ1v) is 11.4. The largest absolute Gasteiger partial charge is 0.508 e. The van der Waals surface area contributed by atoms with Crippen LogP contribution in [0.25, 0.3) is 0 Å². The van der Waals surface area contributed by atoms with Crippen LogP contribution in [0.3, 0.4) is 0 Å². The molecule has 0 radical (unpaired) electrons. The number of aryl methyl sites for hydroxylation is 2. The van der Waals surface area contributed by atoms with Gasteiger partial charge < -0.3 is 9.84 Å². The van der Waals surface area contributed by atoms with Crippen molar-refractivity contribution in [3.63, 3.8) is 0 Å². The predicted octanol–water partition coefficient (Wildman–Crippen LogP) is 7.24. The molecule has 1 heterocycles. The van der Waals surface area contributed by atoms with E-state index in [1.165, 1.54) is 11.1 Å². The summed E-state index contributed by atoms with van der Waals surface area (Å²) in [6.07, 6.45) is 11.9.